The second kappa shape index (κ2) is 9.77. The molecule has 0 bridgehead atoms. The van der Waals surface area contributed by atoms with Crippen LogP contribution in [-0.4, -0.2) is 30.5 Å². The van der Waals surface area contributed by atoms with Gasteiger partial charge in [-0.3, -0.25) is 4.79 Å². The molecule has 0 aliphatic heterocycles. The normalized spacial score (nSPS) is 11.8. The van der Waals surface area contributed by atoms with Gasteiger partial charge in [0.25, 0.3) is 10.0 Å². The highest BCUT2D eigenvalue weighted by Crippen LogP contribution is 2.26. The molecule has 35 heavy (non-hydrogen) atoms. The number of H-pyrrole nitrogens is 1. The third-order valence-electron chi connectivity index (χ3n) is 5.96. The Morgan fingerprint density at radius 1 is 0.829 bits per heavy atom. The maximum Gasteiger partial charge on any atom is 0.268 e. The number of hydrogen-bond acceptors (Lipinski definition) is 5. The number of fused-ring (bicyclic) bond motifs is 2. The molecule has 2 heterocycles. The highest BCUT2D eigenvalue weighted by atomic mass is 32.2. The van der Waals surface area contributed by atoms with Crippen LogP contribution in [0, 0.1) is 0 Å². The minimum Gasteiger partial charge on any atom is -0.371 e. The number of rotatable bonds is 9. The lowest BCUT2D eigenvalue weighted by Gasteiger charge is -2.08. The average Bonchev–Trinajstić information content (AvgIpc) is 3.26. The van der Waals surface area contributed by atoms with Crippen LogP contribution in [0.5, 0.6) is 0 Å². The molecule has 0 amide bonds. The van der Waals surface area contributed by atoms with Gasteiger partial charge in [-0.25, -0.2) is 12.4 Å². The lowest BCUT2D eigenvalue weighted by Crippen LogP contribution is -2.18. The predicted octanol–water partition coefficient (Wildman–Crippen LogP) is 4.31. The Morgan fingerprint density at radius 3 is 2.37 bits per heavy atom. The van der Waals surface area contributed by atoms with Gasteiger partial charge in [0.15, 0.2) is 5.43 Å². The Labute approximate surface area is 203 Å². The van der Waals surface area contributed by atoms with E-state index in [1.165, 1.54) is 3.97 Å². The largest absolute Gasteiger partial charge is 0.371 e. The molecule has 0 saturated heterocycles. The number of benzene rings is 3. The molecular weight excluding hydrogens is 460 g/mol. The predicted molar refractivity (Wildman–Crippen MR) is 140 cm³/mol. The molecule has 3 N–H and O–H groups in total. The van der Waals surface area contributed by atoms with E-state index in [0.29, 0.717) is 29.8 Å². The third-order valence-corrected chi connectivity index (χ3v) is 7.65. The van der Waals surface area contributed by atoms with Gasteiger partial charge >= 0.3 is 0 Å². The molecule has 178 valence electrons. The van der Waals surface area contributed by atoms with Crippen LogP contribution in [0.25, 0.3) is 21.8 Å². The van der Waals surface area contributed by atoms with Crippen LogP contribution in [0.2, 0.25) is 0 Å². The van der Waals surface area contributed by atoms with Crippen molar-refractivity contribution in [3.05, 3.63) is 107 Å². The molecule has 0 fully saturated rings. The number of aromatic nitrogens is 2. The zero-order chi connectivity index (χ0) is 24.3. The van der Waals surface area contributed by atoms with Crippen molar-refractivity contribution >= 4 is 37.6 Å². The van der Waals surface area contributed by atoms with Gasteiger partial charge in [0.05, 0.1) is 15.9 Å². The standard InChI is InChI=1S/C27H26N4O3S/c32-26-17-27(30-24-13-6-4-12-23(24)26)29-16-8-15-28-18-20-19-31(25-14-7-5-11-22(20)25)35(33,34)21-9-2-1-3-10-21/h1-7,9-14,17,19,28H,8,15-16,18H2,(H2,29,30,32). The van der Waals surface area contributed by atoms with Crippen LogP contribution in [0.1, 0.15) is 12.0 Å². The van der Waals surface area contributed by atoms with Gasteiger partial charge in [-0.05, 0) is 48.9 Å². The first kappa shape index (κ1) is 22.9. The van der Waals surface area contributed by atoms with E-state index in [2.05, 4.69) is 15.6 Å². The number of nitrogens with zero attached hydrogens (tertiary/aromatic N) is 1. The first-order chi connectivity index (χ1) is 17.0. The third kappa shape index (κ3) is 4.71. The molecule has 5 rings (SSSR count). The summed E-state index contributed by atoms with van der Waals surface area (Å²) >= 11 is 0. The summed E-state index contributed by atoms with van der Waals surface area (Å²) in [6.07, 6.45) is 2.54. The summed E-state index contributed by atoms with van der Waals surface area (Å²) in [6.45, 7) is 1.96. The Bertz CT molecular complexity index is 1640. The Balaban J connectivity index is 1.22. The van der Waals surface area contributed by atoms with Gasteiger partial charge in [-0.1, -0.05) is 48.5 Å². The summed E-state index contributed by atoms with van der Waals surface area (Å²) in [7, 11) is -3.68. The number of anilines is 1. The van der Waals surface area contributed by atoms with E-state index < -0.39 is 10.0 Å². The zero-order valence-corrected chi connectivity index (χ0v) is 19.9. The Kier molecular flexibility index (Phi) is 6.39. The van der Waals surface area contributed by atoms with Gasteiger partial charge in [0.1, 0.15) is 5.82 Å². The molecule has 0 spiro atoms. The Morgan fingerprint density at radius 2 is 1.54 bits per heavy atom. The lowest BCUT2D eigenvalue weighted by atomic mass is 10.2. The molecule has 0 saturated carbocycles. The minimum atomic E-state index is -3.68. The first-order valence-electron chi connectivity index (χ1n) is 11.5. The van der Waals surface area contributed by atoms with Crippen LogP contribution >= 0.6 is 0 Å². The fraction of sp³-hybridized carbons (Fsp3) is 0.148. The fourth-order valence-electron chi connectivity index (χ4n) is 4.22. The topological polar surface area (TPSA) is 96.0 Å². The summed E-state index contributed by atoms with van der Waals surface area (Å²) in [5, 5.41) is 8.26. The van der Waals surface area contributed by atoms with Crippen molar-refractivity contribution in [3.63, 3.8) is 0 Å². The van der Waals surface area contributed by atoms with E-state index in [9.17, 15) is 13.2 Å². The van der Waals surface area contributed by atoms with Crippen LogP contribution < -0.4 is 16.1 Å². The molecule has 2 aromatic heterocycles. The van der Waals surface area contributed by atoms with Crippen LogP contribution in [0.3, 0.4) is 0 Å². The van der Waals surface area contributed by atoms with Crippen molar-refractivity contribution in [3.8, 4) is 0 Å². The van der Waals surface area contributed by atoms with Gasteiger partial charge in [-0.2, -0.15) is 0 Å². The van der Waals surface area contributed by atoms with Crippen LogP contribution in [0.15, 0.2) is 101 Å². The maximum absolute atomic E-state index is 13.2. The van der Waals surface area contributed by atoms with Crippen molar-refractivity contribution in [2.45, 2.75) is 17.9 Å². The van der Waals surface area contributed by atoms with E-state index >= 15 is 0 Å². The minimum absolute atomic E-state index is 0.0122. The fourth-order valence-corrected chi connectivity index (χ4v) is 5.63. The van der Waals surface area contributed by atoms with Gasteiger partial charge in [-0.15, -0.1) is 0 Å². The van der Waals surface area contributed by atoms with E-state index in [-0.39, 0.29) is 10.3 Å². The lowest BCUT2D eigenvalue weighted by molar-refractivity contribution is 0.588. The van der Waals surface area contributed by atoms with E-state index in [1.54, 1.807) is 42.6 Å². The molecule has 3 aromatic carbocycles. The second-order valence-corrected chi connectivity index (χ2v) is 10.2. The van der Waals surface area contributed by atoms with E-state index in [0.717, 1.165) is 29.4 Å². The molecular formula is C27H26N4O3S. The molecule has 0 radical (unpaired) electrons. The van der Waals surface area contributed by atoms with Crippen molar-refractivity contribution in [1.29, 1.82) is 0 Å². The summed E-state index contributed by atoms with van der Waals surface area (Å²) in [5.41, 5.74) is 2.38. The Hall–Kier alpha value is -3.88. The summed E-state index contributed by atoms with van der Waals surface area (Å²) < 4.78 is 27.8. The first-order valence-corrected chi connectivity index (χ1v) is 12.9. The maximum atomic E-state index is 13.2. The summed E-state index contributed by atoms with van der Waals surface area (Å²) in [4.78, 5) is 15.8. The van der Waals surface area contributed by atoms with Crippen LogP contribution in [-0.2, 0) is 16.6 Å². The molecule has 0 aliphatic rings. The highest BCUT2D eigenvalue weighted by molar-refractivity contribution is 7.90. The number of hydrogen-bond donors (Lipinski definition) is 3. The zero-order valence-electron chi connectivity index (χ0n) is 19.1. The van der Waals surface area contributed by atoms with Gasteiger partial charge in [0, 0.05) is 36.1 Å². The number of para-hydroxylation sites is 2. The van der Waals surface area contributed by atoms with Gasteiger partial charge < -0.3 is 15.6 Å². The monoisotopic (exact) mass is 486 g/mol. The quantitative estimate of drug-likeness (QED) is 0.270. The van der Waals surface area contributed by atoms with Crippen LogP contribution in [0.4, 0.5) is 5.82 Å². The van der Waals surface area contributed by atoms with Crippen molar-refractivity contribution in [1.82, 2.24) is 14.3 Å². The number of nitrogens with one attached hydrogen (secondary N) is 3. The smallest absolute Gasteiger partial charge is 0.268 e. The SMILES string of the molecule is O=c1cc(NCCCNCc2cn(S(=O)(=O)c3ccccc3)c3ccccc23)[nH]c2ccccc12. The highest BCUT2D eigenvalue weighted by Gasteiger charge is 2.20. The molecule has 0 atom stereocenters. The molecule has 8 heteroatoms. The van der Waals surface area contributed by atoms with Crippen molar-refractivity contribution in [2.75, 3.05) is 18.4 Å². The number of aromatic amines is 1. The van der Waals surface area contributed by atoms with Crippen molar-refractivity contribution < 1.29 is 8.42 Å². The summed E-state index contributed by atoms with van der Waals surface area (Å²) in [5.74, 6) is 0.697. The van der Waals surface area contributed by atoms with E-state index in [1.807, 2.05) is 48.5 Å². The average molecular weight is 487 g/mol. The van der Waals surface area contributed by atoms with Crippen molar-refractivity contribution in [2.24, 2.45) is 0 Å². The van der Waals surface area contributed by atoms with E-state index in [4.69, 9.17) is 0 Å². The number of pyridine rings is 1. The molecule has 7 nitrogen and oxygen atoms in total. The van der Waals surface area contributed by atoms with Gasteiger partial charge in [0.2, 0.25) is 0 Å². The molecule has 5 aromatic rings. The molecule has 0 unspecified atom stereocenters. The molecule has 0 aliphatic carbocycles. The second-order valence-electron chi connectivity index (χ2n) is 8.34. The summed E-state index contributed by atoms with van der Waals surface area (Å²) in [6, 6.07) is 25.0.